The zero-order valence-corrected chi connectivity index (χ0v) is 7.15. The number of hydrazine groups is 1. The zero-order valence-electron chi connectivity index (χ0n) is 6.39. The van der Waals surface area contributed by atoms with Crippen molar-refractivity contribution in [3.05, 3.63) is 34.3 Å². The van der Waals surface area contributed by atoms with E-state index < -0.39 is 0 Å². The number of halogens is 1. The number of hydrogen-bond acceptors (Lipinski definition) is 2. The van der Waals surface area contributed by atoms with Crippen molar-refractivity contribution < 1.29 is 0 Å². The molecule has 0 aromatic heterocycles. The van der Waals surface area contributed by atoms with Gasteiger partial charge in [-0.25, -0.2) is 0 Å². The third-order valence-electron chi connectivity index (χ3n) is 1.60. The number of rotatable bonds is 2. The van der Waals surface area contributed by atoms with E-state index in [0.29, 0.717) is 6.54 Å². The highest BCUT2D eigenvalue weighted by atomic mass is 35.5. The van der Waals surface area contributed by atoms with Gasteiger partial charge in [0.1, 0.15) is 0 Å². The minimum absolute atomic E-state index is 0.659. The second-order valence-corrected chi connectivity index (χ2v) is 2.89. The third-order valence-corrected chi connectivity index (χ3v) is 1.84. The van der Waals surface area contributed by atoms with E-state index in [1.807, 2.05) is 25.1 Å². The van der Waals surface area contributed by atoms with Crippen molar-refractivity contribution in [3.63, 3.8) is 0 Å². The Morgan fingerprint density at radius 1 is 1.55 bits per heavy atom. The largest absolute Gasteiger partial charge is 0.271 e. The first kappa shape index (κ1) is 8.53. The first-order valence-corrected chi connectivity index (χ1v) is 3.80. The number of aryl methyl sites for hydroxylation is 1. The Bertz CT molecular complexity index is 248. The average molecular weight is 171 g/mol. The molecule has 3 N–H and O–H groups in total. The fraction of sp³-hybridized carbons (Fsp3) is 0.250. The van der Waals surface area contributed by atoms with Gasteiger partial charge < -0.3 is 0 Å². The van der Waals surface area contributed by atoms with Gasteiger partial charge in [0.2, 0.25) is 0 Å². The molecule has 0 bridgehead atoms. The first-order chi connectivity index (χ1) is 5.24. The third kappa shape index (κ3) is 2.19. The molecule has 0 aliphatic heterocycles. The molecule has 0 atom stereocenters. The second kappa shape index (κ2) is 3.72. The second-order valence-electron chi connectivity index (χ2n) is 2.45. The van der Waals surface area contributed by atoms with Crippen LogP contribution in [0.3, 0.4) is 0 Å². The van der Waals surface area contributed by atoms with E-state index in [1.165, 1.54) is 5.56 Å². The van der Waals surface area contributed by atoms with E-state index >= 15 is 0 Å². The van der Waals surface area contributed by atoms with Gasteiger partial charge in [-0.15, -0.1) is 0 Å². The fourth-order valence-corrected chi connectivity index (χ4v) is 1.14. The molecule has 0 saturated carbocycles. The molecular formula is C8H11ClN2. The summed E-state index contributed by atoms with van der Waals surface area (Å²) in [4.78, 5) is 0. The van der Waals surface area contributed by atoms with Crippen molar-refractivity contribution >= 4 is 11.6 Å². The summed E-state index contributed by atoms with van der Waals surface area (Å²) in [7, 11) is 0. The summed E-state index contributed by atoms with van der Waals surface area (Å²) in [5, 5.41) is 0.751. The lowest BCUT2D eigenvalue weighted by Gasteiger charge is -2.04. The number of hydrogen-bond donors (Lipinski definition) is 2. The molecule has 0 radical (unpaired) electrons. The molecule has 11 heavy (non-hydrogen) atoms. The predicted molar refractivity (Wildman–Crippen MR) is 47.2 cm³/mol. The molecule has 0 aliphatic carbocycles. The van der Waals surface area contributed by atoms with Gasteiger partial charge in [-0.05, 0) is 30.2 Å². The summed E-state index contributed by atoms with van der Waals surface area (Å²) in [5.74, 6) is 5.19. The summed E-state index contributed by atoms with van der Waals surface area (Å²) in [6.07, 6.45) is 0. The molecule has 60 valence electrons. The van der Waals surface area contributed by atoms with Gasteiger partial charge in [0.25, 0.3) is 0 Å². The van der Waals surface area contributed by atoms with Crippen LogP contribution in [-0.4, -0.2) is 0 Å². The van der Waals surface area contributed by atoms with Crippen LogP contribution < -0.4 is 11.3 Å². The van der Waals surface area contributed by atoms with Crippen LogP contribution in [0.1, 0.15) is 11.1 Å². The Hall–Kier alpha value is -0.570. The molecule has 1 rings (SSSR count). The van der Waals surface area contributed by atoms with Gasteiger partial charge in [-0.2, -0.15) is 0 Å². The number of nitrogens with one attached hydrogen (secondary N) is 1. The zero-order chi connectivity index (χ0) is 8.27. The van der Waals surface area contributed by atoms with Gasteiger partial charge in [-0.1, -0.05) is 17.7 Å². The maximum Gasteiger partial charge on any atom is 0.0409 e. The summed E-state index contributed by atoms with van der Waals surface area (Å²) in [6, 6.07) is 5.77. The summed E-state index contributed by atoms with van der Waals surface area (Å²) in [6.45, 7) is 2.69. The van der Waals surface area contributed by atoms with Crippen LogP contribution in [0.5, 0.6) is 0 Å². The fourth-order valence-electron chi connectivity index (χ4n) is 0.940. The van der Waals surface area contributed by atoms with Crippen molar-refractivity contribution in [3.8, 4) is 0 Å². The SMILES string of the molecule is Cc1ccc(Cl)cc1CNN. The van der Waals surface area contributed by atoms with Crippen molar-refractivity contribution in [2.24, 2.45) is 5.84 Å². The van der Waals surface area contributed by atoms with Crippen molar-refractivity contribution in [2.75, 3.05) is 0 Å². The highest BCUT2D eigenvalue weighted by Crippen LogP contribution is 2.14. The van der Waals surface area contributed by atoms with Gasteiger partial charge in [-0.3, -0.25) is 11.3 Å². The molecule has 0 amide bonds. The van der Waals surface area contributed by atoms with E-state index in [2.05, 4.69) is 5.43 Å². The van der Waals surface area contributed by atoms with E-state index in [0.717, 1.165) is 10.6 Å². The monoisotopic (exact) mass is 170 g/mol. The number of benzene rings is 1. The van der Waals surface area contributed by atoms with Crippen LogP contribution in [-0.2, 0) is 6.54 Å². The maximum atomic E-state index is 5.78. The molecule has 0 unspecified atom stereocenters. The van der Waals surface area contributed by atoms with Crippen LogP contribution in [0.15, 0.2) is 18.2 Å². The Labute approximate surface area is 71.3 Å². The highest BCUT2D eigenvalue weighted by molar-refractivity contribution is 6.30. The first-order valence-electron chi connectivity index (χ1n) is 3.42. The highest BCUT2D eigenvalue weighted by Gasteiger charge is 1.96. The van der Waals surface area contributed by atoms with Gasteiger partial charge in [0, 0.05) is 11.6 Å². The minimum atomic E-state index is 0.659. The van der Waals surface area contributed by atoms with Crippen LogP contribution in [0.2, 0.25) is 5.02 Å². The molecule has 0 saturated heterocycles. The molecule has 1 aromatic carbocycles. The maximum absolute atomic E-state index is 5.78. The minimum Gasteiger partial charge on any atom is -0.271 e. The molecule has 3 heteroatoms. The van der Waals surface area contributed by atoms with E-state index in [-0.39, 0.29) is 0 Å². The van der Waals surface area contributed by atoms with E-state index in [1.54, 1.807) is 0 Å². The number of nitrogens with two attached hydrogens (primary N) is 1. The lowest BCUT2D eigenvalue weighted by molar-refractivity contribution is 0.737. The molecule has 1 aromatic rings. The quantitative estimate of drug-likeness (QED) is 0.523. The summed E-state index contributed by atoms with van der Waals surface area (Å²) in [5.41, 5.74) is 4.93. The van der Waals surface area contributed by atoms with Gasteiger partial charge in [0.15, 0.2) is 0 Å². The molecule has 2 nitrogen and oxygen atoms in total. The Morgan fingerprint density at radius 2 is 2.27 bits per heavy atom. The standard InChI is InChI=1S/C8H11ClN2/c1-6-2-3-8(9)4-7(6)5-11-10/h2-4,11H,5,10H2,1H3. The lowest BCUT2D eigenvalue weighted by Crippen LogP contribution is -2.21. The molecule has 0 fully saturated rings. The van der Waals surface area contributed by atoms with Gasteiger partial charge in [0.05, 0.1) is 0 Å². The van der Waals surface area contributed by atoms with Crippen LogP contribution in [0.25, 0.3) is 0 Å². The topological polar surface area (TPSA) is 38.0 Å². The Morgan fingerprint density at radius 3 is 2.91 bits per heavy atom. The molecular weight excluding hydrogens is 160 g/mol. The van der Waals surface area contributed by atoms with Crippen LogP contribution in [0.4, 0.5) is 0 Å². The van der Waals surface area contributed by atoms with E-state index in [4.69, 9.17) is 17.4 Å². The predicted octanol–water partition coefficient (Wildman–Crippen LogP) is 1.61. The molecule has 0 spiro atoms. The van der Waals surface area contributed by atoms with Crippen LogP contribution in [0, 0.1) is 6.92 Å². The van der Waals surface area contributed by atoms with Crippen molar-refractivity contribution in [1.29, 1.82) is 0 Å². The summed E-state index contributed by atoms with van der Waals surface area (Å²) < 4.78 is 0. The van der Waals surface area contributed by atoms with E-state index in [9.17, 15) is 0 Å². The lowest BCUT2D eigenvalue weighted by atomic mass is 10.1. The van der Waals surface area contributed by atoms with Crippen LogP contribution >= 0.6 is 11.6 Å². The smallest absolute Gasteiger partial charge is 0.0409 e. The normalized spacial score (nSPS) is 10.1. The average Bonchev–Trinajstić information content (AvgIpc) is 1.98. The molecule has 0 heterocycles. The Kier molecular flexibility index (Phi) is 2.88. The van der Waals surface area contributed by atoms with Crippen molar-refractivity contribution in [2.45, 2.75) is 13.5 Å². The summed E-state index contributed by atoms with van der Waals surface area (Å²) >= 11 is 5.78. The van der Waals surface area contributed by atoms with Crippen molar-refractivity contribution in [1.82, 2.24) is 5.43 Å². The van der Waals surface area contributed by atoms with Gasteiger partial charge >= 0.3 is 0 Å². The Balaban J connectivity index is 2.93. The molecule has 0 aliphatic rings.